The monoisotopic (exact) mass is 344 g/mol. The number of hydrogen-bond donors (Lipinski definition) is 2. The molecule has 0 fully saturated rings. The molecule has 0 saturated heterocycles. The minimum atomic E-state index is -1.07. The smallest absolute Gasteiger partial charge is 0.275 e. The van der Waals surface area contributed by atoms with Crippen LogP contribution in [0.25, 0.3) is 0 Å². The summed E-state index contributed by atoms with van der Waals surface area (Å²) in [5.41, 5.74) is 0.697. The van der Waals surface area contributed by atoms with Gasteiger partial charge in [-0.25, -0.2) is 23.1 Å². The standard InChI is InChI=1S/C17H11F3N4O/c18-10-1-3-11(4-2-10)23-16-9-21-15(8-22-16)17(25)24-12-5-6-13(19)14(20)7-12/h1-9H,(H,22,23)(H,24,25). The maximum Gasteiger partial charge on any atom is 0.275 e. The molecule has 0 aliphatic rings. The van der Waals surface area contributed by atoms with Gasteiger partial charge in [0.15, 0.2) is 11.6 Å². The predicted molar refractivity (Wildman–Crippen MR) is 86.0 cm³/mol. The van der Waals surface area contributed by atoms with Crippen LogP contribution in [0.1, 0.15) is 10.5 Å². The van der Waals surface area contributed by atoms with Gasteiger partial charge < -0.3 is 10.6 Å². The molecule has 0 spiro atoms. The number of hydrogen-bond acceptors (Lipinski definition) is 4. The number of halogens is 3. The summed E-state index contributed by atoms with van der Waals surface area (Å²) >= 11 is 0. The molecule has 0 saturated carbocycles. The molecule has 126 valence electrons. The number of nitrogens with one attached hydrogen (secondary N) is 2. The third kappa shape index (κ3) is 4.11. The molecule has 8 heteroatoms. The fraction of sp³-hybridized carbons (Fsp3) is 0. The maximum atomic E-state index is 13.1. The molecule has 25 heavy (non-hydrogen) atoms. The SMILES string of the molecule is O=C(Nc1ccc(F)c(F)c1)c1cnc(Nc2ccc(F)cc2)cn1. The molecule has 0 unspecified atom stereocenters. The van der Waals surface area contributed by atoms with Crippen LogP contribution in [0.3, 0.4) is 0 Å². The molecular weight excluding hydrogens is 333 g/mol. The van der Waals surface area contributed by atoms with Crippen LogP contribution in [-0.4, -0.2) is 15.9 Å². The first-order valence-electron chi connectivity index (χ1n) is 7.12. The zero-order valence-corrected chi connectivity index (χ0v) is 12.6. The van der Waals surface area contributed by atoms with Crippen molar-refractivity contribution in [3.8, 4) is 0 Å². The molecule has 3 rings (SSSR count). The van der Waals surface area contributed by atoms with Crippen LogP contribution in [0.15, 0.2) is 54.9 Å². The molecule has 0 atom stereocenters. The first-order valence-corrected chi connectivity index (χ1v) is 7.12. The Morgan fingerprint density at radius 2 is 1.56 bits per heavy atom. The summed E-state index contributed by atoms with van der Waals surface area (Å²) in [6.45, 7) is 0. The van der Waals surface area contributed by atoms with E-state index in [2.05, 4.69) is 20.6 Å². The lowest BCUT2D eigenvalue weighted by Crippen LogP contribution is -2.14. The van der Waals surface area contributed by atoms with Gasteiger partial charge in [0.2, 0.25) is 0 Å². The summed E-state index contributed by atoms with van der Waals surface area (Å²) in [6.07, 6.45) is 2.55. The van der Waals surface area contributed by atoms with Gasteiger partial charge in [-0.05, 0) is 36.4 Å². The molecule has 0 radical (unpaired) electrons. The lowest BCUT2D eigenvalue weighted by atomic mass is 10.3. The van der Waals surface area contributed by atoms with Gasteiger partial charge in [-0.1, -0.05) is 0 Å². The number of carbonyl (C=O) groups is 1. The number of aromatic nitrogens is 2. The second kappa shape index (κ2) is 7.00. The van der Waals surface area contributed by atoms with E-state index < -0.39 is 17.5 Å². The zero-order valence-electron chi connectivity index (χ0n) is 12.6. The topological polar surface area (TPSA) is 66.9 Å². The number of rotatable bonds is 4. The van der Waals surface area contributed by atoms with E-state index in [0.717, 1.165) is 12.1 Å². The summed E-state index contributed by atoms with van der Waals surface area (Å²) in [6, 6.07) is 8.64. The van der Waals surface area contributed by atoms with Crippen molar-refractivity contribution in [1.29, 1.82) is 0 Å². The first kappa shape index (κ1) is 16.4. The molecule has 2 aromatic carbocycles. The highest BCUT2D eigenvalue weighted by Gasteiger charge is 2.10. The molecule has 2 N–H and O–H groups in total. The quantitative estimate of drug-likeness (QED) is 0.753. The van der Waals surface area contributed by atoms with Gasteiger partial charge in [0, 0.05) is 17.4 Å². The van der Waals surface area contributed by atoms with E-state index in [1.807, 2.05) is 0 Å². The van der Waals surface area contributed by atoms with Gasteiger partial charge in [-0.3, -0.25) is 4.79 Å². The third-order valence-corrected chi connectivity index (χ3v) is 3.18. The van der Waals surface area contributed by atoms with Gasteiger partial charge in [0.25, 0.3) is 5.91 Å². The number of anilines is 3. The van der Waals surface area contributed by atoms with Crippen molar-refractivity contribution < 1.29 is 18.0 Å². The minimum absolute atomic E-state index is 0.00520. The number of carbonyl (C=O) groups excluding carboxylic acids is 1. The average molecular weight is 344 g/mol. The second-order valence-electron chi connectivity index (χ2n) is 5.00. The van der Waals surface area contributed by atoms with Crippen LogP contribution in [0.4, 0.5) is 30.4 Å². The Morgan fingerprint density at radius 3 is 2.20 bits per heavy atom. The summed E-state index contributed by atoms with van der Waals surface area (Å²) in [5, 5.41) is 5.29. The normalized spacial score (nSPS) is 10.4. The highest BCUT2D eigenvalue weighted by atomic mass is 19.2. The Balaban J connectivity index is 1.67. The minimum Gasteiger partial charge on any atom is -0.339 e. The maximum absolute atomic E-state index is 13.1. The summed E-state index contributed by atoms with van der Waals surface area (Å²) in [5.74, 6) is -2.69. The molecule has 1 heterocycles. The van der Waals surface area contributed by atoms with Crippen molar-refractivity contribution in [2.45, 2.75) is 0 Å². The Hall–Kier alpha value is -3.42. The lowest BCUT2D eigenvalue weighted by Gasteiger charge is -2.07. The van der Waals surface area contributed by atoms with Gasteiger partial charge in [0.05, 0.1) is 12.4 Å². The molecule has 5 nitrogen and oxygen atoms in total. The van der Waals surface area contributed by atoms with Crippen molar-refractivity contribution in [1.82, 2.24) is 9.97 Å². The van der Waals surface area contributed by atoms with Crippen LogP contribution in [0.2, 0.25) is 0 Å². The summed E-state index contributed by atoms with van der Waals surface area (Å²) in [4.78, 5) is 20.0. The molecule has 1 aromatic heterocycles. The van der Waals surface area contributed by atoms with E-state index in [1.165, 1.54) is 42.7 Å². The first-order chi connectivity index (χ1) is 12.0. The zero-order chi connectivity index (χ0) is 17.8. The molecule has 0 aliphatic carbocycles. The third-order valence-electron chi connectivity index (χ3n) is 3.18. The highest BCUT2D eigenvalue weighted by Crippen LogP contribution is 2.16. The predicted octanol–water partition coefficient (Wildman–Crippen LogP) is 3.89. The molecule has 0 bridgehead atoms. The number of benzene rings is 2. The van der Waals surface area contributed by atoms with Gasteiger partial charge in [0.1, 0.15) is 17.3 Å². The van der Waals surface area contributed by atoms with E-state index in [4.69, 9.17) is 0 Å². The van der Waals surface area contributed by atoms with Gasteiger partial charge in [-0.2, -0.15) is 0 Å². The summed E-state index contributed by atoms with van der Waals surface area (Å²) in [7, 11) is 0. The van der Waals surface area contributed by atoms with Gasteiger partial charge in [-0.15, -0.1) is 0 Å². The fourth-order valence-electron chi connectivity index (χ4n) is 1.96. The van der Waals surface area contributed by atoms with E-state index in [9.17, 15) is 18.0 Å². The van der Waals surface area contributed by atoms with E-state index in [1.54, 1.807) is 0 Å². The van der Waals surface area contributed by atoms with Crippen molar-refractivity contribution in [3.05, 3.63) is 78.0 Å². The van der Waals surface area contributed by atoms with E-state index in [0.29, 0.717) is 11.5 Å². The van der Waals surface area contributed by atoms with Crippen molar-refractivity contribution in [2.24, 2.45) is 0 Å². The van der Waals surface area contributed by atoms with Crippen LogP contribution in [-0.2, 0) is 0 Å². The Kier molecular flexibility index (Phi) is 4.60. The molecule has 0 aliphatic heterocycles. The average Bonchev–Trinajstić information content (AvgIpc) is 2.61. The van der Waals surface area contributed by atoms with Crippen LogP contribution >= 0.6 is 0 Å². The van der Waals surface area contributed by atoms with Crippen molar-refractivity contribution >= 4 is 23.1 Å². The van der Waals surface area contributed by atoms with E-state index in [-0.39, 0.29) is 17.2 Å². The summed E-state index contributed by atoms with van der Waals surface area (Å²) < 4.78 is 38.8. The fourth-order valence-corrected chi connectivity index (χ4v) is 1.96. The van der Waals surface area contributed by atoms with Crippen LogP contribution in [0, 0.1) is 17.5 Å². The molecule has 3 aromatic rings. The number of amides is 1. The van der Waals surface area contributed by atoms with Crippen LogP contribution < -0.4 is 10.6 Å². The Labute approximate surface area is 140 Å². The Morgan fingerprint density at radius 1 is 0.840 bits per heavy atom. The number of nitrogens with zero attached hydrogens (tertiary/aromatic N) is 2. The van der Waals surface area contributed by atoms with Crippen molar-refractivity contribution in [3.63, 3.8) is 0 Å². The van der Waals surface area contributed by atoms with E-state index >= 15 is 0 Å². The Bertz CT molecular complexity index is 899. The molecular formula is C17H11F3N4O. The van der Waals surface area contributed by atoms with Crippen LogP contribution in [0.5, 0.6) is 0 Å². The second-order valence-corrected chi connectivity index (χ2v) is 5.00. The highest BCUT2D eigenvalue weighted by molar-refractivity contribution is 6.02. The molecule has 1 amide bonds. The van der Waals surface area contributed by atoms with Gasteiger partial charge >= 0.3 is 0 Å². The largest absolute Gasteiger partial charge is 0.339 e. The van der Waals surface area contributed by atoms with Crippen molar-refractivity contribution in [2.75, 3.05) is 10.6 Å². The lowest BCUT2D eigenvalue weighted by molar-refractivity contribution is 0.102.